The molecule has 0 aliphatic rings. The Morgan fingerprint density at radius 1 is 1.41 bits per heavy atom. The topological polar surface area (TPSA) is 29.9 Å². The minimum atomic E-state index is 0.872. The molecule has 0 saturated carbocycles. The van der Waals surface area contributed by atoms with Crippen molar-refractivity contribution in [1.29, 1.82) is 0 Å². The number of halogens is 1. The van der Waals surface area contributed by atoms with Crippen LogP contribution in [-0.2, 0) is 6.54 Å². The highest BCUT2D eigenvalue weighted by Crippen LogP contribution is 2.21. The lowest BCUT2D eigenvalue weighted by Gasteiger charge is -2.12. The van der Waals surface area contributed by atoms with E-state index in [9.17, 15) is 0 Å². The second-order valence-corrected chi connectivity index (χ2v) is 4.81. The smallest absolute Gasteiger partial charge is 0.110 e. The van der Waals surface area contributed by atoms with E-state index in [1.165, 1.54) is 11.3 Å². The van der Waals surface area contributed by atoms with Gasteiger partial charge in [0.2, 0.25) is 0 Å². The predicted octanol–water partition coefficient (Wildman–Crippen LogP) is 3.05. The van der Waals surface area contributed by atoms with Crippen LogP contribution < -0.4 is 5.32 Å². The van der Waals surface area contributed by atoms with Gasteiger partial charge in [-0.05, 0) is 31.2 Å². The van der Waals surface area contributed by atoms with Crippen molar-refractivity contribution in [3.63, 3.8) is 0 Å². The van der Waals surface area contributed by atoms with E-state index in [0.717, 1.165) is 23.4 Å². The van der Waals surface area contributed by atoms with Crippen molar-refractivity contribution in [3.8, 4) is 5.69 Å². The Morgan fingerprint density at radius 3 is 2.88 bits per heavy atom. The Bertz CT molecular complexity index is 505. The average Bonchev–Trinajstić information content (AvgIpc) is 2.74. The summed E-state index contributed by atoms with van der Waals surface area (Å²) in [5, 5.41) is 3.36. The fraction of sp³-hybridized carbons (Fsp3) is 0.308. The van der Waals surface area contributed by atoms with E-state index in [2.05, 4.69) is 55.9 Å². The third kappa shape index (κ3) is 2.76. The minimum Gasteiger partial charge on any atom is -0.313 e. The van der Waals surface area contributed by atoms with Crippen LogP contribution in [0.1, 0.15) is 18.3 Å². The molecule has 2 aromatic rings. The molecule has 2 rings (SSSR count). The van der Waals surface area contributed by atoms with Crippen LogP contribution in [0.4, 0.5) is 0 Å². The monoisotopic (exact) mass is 293 g/mol. The van der Waals surface area contributed by atoms with Crippen molar-refractivity contribution in [2.24, 2.45) is 0 Å². The highest BCUT2D eigenvalue weighted by Gasteiger charge is 2.07. The van der Waals surface area contributed by atoms with Crippen molar-refractivity contribution < 1.29 is 0 Å². The SMILES string of the molecule is CCNCc1ccc(Br)cc1-n1ccnc1C. The molecule has 1 aromatic heterocycles. The molecule has 0 unspecified atom stereocenters. The molecular formula is C13H16BrN3. The van der Waals surface area contributed by atoms with Gasteiger partial charge in [-0.3, -0.25) is 0 Å². The standard InChI is InChI=1S/C13H16BrN3/c1-3-15-9-11-4-5-12(14)8-13(11)17-7-6-16-10(17)2/h4-8,15H,3,9H2,1-2H3. The van der Waals surface area contributed by atoms with Gasteiger partial charge in [0.1, 0.15) is 5.82 Å². The zero-order chi connectivity index (χ0) is 12.3. The van der Waals surface area contributed by atoms with E-state index < -0.39 is 0 Å². The quantitative estimate of drug-likeness (QED) is 0.939. The summed E-state index contributed by atoms with van der Waals surface area (Å²) in [6.45, 7) is 5.97. The number of hydrogen-bond acceptors (Lipinski definition) is 2. The van der Waals surface area contributed by atoms with Crippen LogP contribution in [0.3, 0.4) is 0 Å². The lowest BCUT2D eigenvalue weighted by molar-refractivity contribution is 0.721. The highest BCUT2D eigenvalue weighted by molar-refractivity contribution is 9.10. The molecule has 1 heterocycles. The summed E-state index contributed by atoms with van der Waals surface area (Å²) in [5.41, 5.74) is 2.45. The predicted molar refractivity (Wildman–Crippen MR) is 73.4 cm³/mol. The zero-order valence-electron chi connectivity index (χ0n) is 10.1. The maximum absolute atomic E-state index is 4.27. The van der Waals surface area contributed by atoms with Crippen LogP contribution >= 0.6 is 15.9 Å². The molecule has 0 bridgehead atoms. The van der Waals surface area contributed by atoms with Gasteiger partial charge in [0.15, 0.2) is 0 Å². The van der Waals surface area contributed by atoms with E-state index in [-0.39, 0.29) is 0 Å². The van der Waals surface area contributed by atoms with E-state index >= 15 is 0 Å². The van der Waals surface area contributed by atoms with E-state index in [1.807, 2.05) is 19.3 Å². The molecule has 4 heteroatoms. The first-order valence-electron chi connectivity index (χ1n) is 5.72. The number of aromatic nitrogens is 2. The fourth-order valence-electron chi connectivity index (χ4n) is 1.80. The first-order valence-corrected chi connectivity index (χ1v) is 6.51. The van der Waals surface area contributed by atoms with Gasteiger partial charge >= 0.3 is 0 Å². The van der Waals surface area contributed by atoms with E-state index in [0.29, 0.717) is 0 Å². The summed E-state index contributed by atoms with van der Waals surface area (Å²) >= 11 is 3.52. The van der Waals surface area contributed by atoms with Crippen molar-refractivity contribution in [2.75, 3.05) is 6.54 Å². The fourth-order valence-corrected chi connectivity index (χ4v) is 2.15. The third-order valence-electron chi connectivity index (χ3n) is 2.70. The van der Waals surface area contributed by atoms with Gasteiger partial charge in [-0.15, -0.1) is 0 Å². The van der Waals surface area contributed by atoms with Gasteiger partial charge in [0.05, 0.1) is 5.69 Å². The van der Waals surface area contributed by atoms with Crippen LogP contribution in [0.25, 0.3) is 5.69 Å². The van der Waals surface area contributed by atoms with Gasteiger partial charge in [-0.1, -0.05) is 28.9 Å². The lowest BCUT2D eigenvalue weighted by Crippen LogP contribution is -2.14. The van der Waals surface area contributed by atoms with Crippen molar-refractivity contribution in [2.45, 2.75) is 20.4 Å². The van der Waals surface area contributed by atoms with Crippen LogP contribution in [0.5, 0.6) is 0 Å². The maximum Gasteiger partial charge on any atom is 0.110 e. The molecule has 90 valence electrons. The third-order valence-corrected chi connectivity index (χ3v) is 3.19. The molecule has 0 radical (unpaired) electrons. The number of hydrogen-bond donors (Lipinski definition) is 1. The molecule has 1 N–H and O–H groups in total. The van der Waals surface area contributed by atoms with Crippen molar-refractivity contribution >= 4 is 15.9 Å². The average molecular weight is 294 g/mol. The Labute approximate surface area is 110 Å². The molecule has 0 aliphatic heterocycles. The van der Waals surface area contributed by atoms with Crippen molar-refractivity contribution in [3.05, 3.63) is 46.5 Å². The summed E-state index contributed by atoms with van der Waals surface area (Å²) in [5.74, 6) is 1.00. The van der Waals surface area contributed by atoms with Gasteiger partial charge in [-0.2, -0.15) is 0 Å². The zero-order valence-corrected chi connectivity index (χ0v) is 11.7. The Kier molecular flexibility index (Phi) is 3.97. The number of benzene rings is 1. The summed E-state index contributed by atoms with van der Waals surface area (Å²) in [4.78, 5) is 4.27. The molecule has 1 aromatic carbocycles. The maximum atomic E-state index is 4.27. The normalized spacial score (nSPS) is 10.8. The second-order valence-electron chi connectivity index (χ2n) is 3.90. The molecule has 3 nitrogen and oxygen atoms in total. The van der Waals surface area contributed by atoms with Gasteiger partial charge < -0.3 is 9.88 Å². The number of nitrogens with one attached hydrogen (secondary N) is 1. The first kappa shape index (κ1) is 12.3. The van der Waals surface area contributed by atoms with E-state index in [4.69, 9.17) is 0 Å². The Morgan fingerprint density at radius 2 is 2.24 bits per heavy atom. The van der Waals surface area contributed by atoms with Crippen LogP contribution in [0.2, 0.25) is 0 Å². The van der Waals surface area contributed by atoms with E-state index in [1.54, 1.807) is 0 Å². The minimum absolute atomic E-state index is 0.872. The van der Waals surface area contributed by atoms with Gasteiger partial charge in [-0.25, -0.2) is 4.98 Å². The molecule has 0 saturated heterocycles. The highest BCUT2D eigenvalue weighted by atomic mass is 79.9. The summed E-state index contributed by atoms with van der Waals surface area (Å²) in [7, 11) is 0. The van der Waals surface area contributed by atoms with Crippen LogP contribution in [0.15, 0.2) is 35.1 Å². The summed E-state index contributed by atoms with van der Waals surface area (Å²) in [6.07, 6.45) is 3.82. The number of rotatable bonds is 4. The van der Waals surface area contributed by atoms with Crippen LogP contribution in [0, 0.1) is 6.92 Å². The van der Waals surface area contributed by atoms with Gasteiger partial charge in [0, 0.05) is 23.4 Å². The summed E-state index contributed by atoms with van der Waals surface area (Å²) < 4.78 is 3.19. The summed E-state index contributed by atoms with van der Waals surface area (Å²) in [6, 6.07) is 6.34. The Hall–Kier alpha value is -1.13. The number of nitrogens with zero attached hydrogens (tertiary/aromatic N) is 2. The molecule has 0 aliphatic carbocycles. The number of aryl methyl sites for hydroxylation is 1. The van der Waals surface area contributed by atoms with Gasteiger partial charge in [0.25, 0.3) is 0 Å². The molecule has 0 fully saturated rings. The number of imidazole rings is 1. The van der Waals surface area contributed by atoms with Crippen molar-refractivity contribution in [1.82, 2.24) is 14.9 Å². The molecule has 0 spiro atoms. The second kappa shape index (κ2) is 5.47. The molecule has 17 heavy (non-hydrogen) atoms. The molecular weight excluding hydrogens is 278 g/mol. The Balaban J connectivity index is 2.43. The first-order chi connectivity index (χ1) is 8.22. The molecule has 0 amide bonds. The lowest BCUT2D eigenvalue weighted by atomic mass is 10.1. The molecule has 0 atom stereocenters. The largest absolute Gasteiger partial charge is 0.313 e. The van der Waals surface area contributed by atoms with Crippen LogP contribution in [-0.4, -0.2) is 16.1 Å².